The molecule has 3 aromatic rings. The standard InChI is InChI=1S/C34H37NO7/c1-4-39-28-20-24(10-12-26(28)40-17-15-22(2)3)31-30(32(36)25-11-13-27-29(21-25)42-19-18-41-27)33(37)34(38)35(31)16-14-23-8-6-5-7-9-23/h5-13,20-22,31,36H,4,14-19H2,1-3H3. The lowest BCUT2D eigenvalue weighted by atomic mass is 9.94. The van der Waals surface area contributed by atoms with Crippen molar-refractivity contribution in [3.8, 4) is 23.0 Å². The molecule has 0 radical (unpaired) electrons. The molecule has 1 saturated heterocycles. The molecule has 0 saturated carbocycles. The van der Waals surface area contributed by atoms with Crippen LogP contribution >= 0.6 is 0 Å². The van der Waals surface area contributed by atoms with Crippen LogP contribution in [0.4, 0.5) is 0 Å². The highest BCUT2D eigenvalue weighted by Crippen LogP contribution is 2.43. The van der Waals surface area contributed by atoms with Crippen LogP contribution in [0.1, 0.15) is 49.9 Å². The third-order valence-corrected chi connectivity index (χ3v) is 7.38. The number of rotatable bonds is 11. The highest BCUT2D eigenvalue weighted by atomic mass is 16.6. The van der Waals surface area contributed by atoms with Crippen LogP contribution in [-0.4, -0.2) is 54.7 Å². The molecule has 0 aromatic heterocycles. The summed E-state index contributed by atoms with van der Waals surface area (Å²) in [6.07, 6.45) is 1.44. The van der Waals surface area contributed by atoms with E-state index in [1.807, 2.05) is 49.4 Å². The maximum atomic E-state index is 13.6. The predicted octanol–water partition coefficient (Wildman–Crippen LogP) is 5.95. The van der Waals surface area contributed by atoms with Gasteiger partial charge in [-0.1, -0.05) is 50.2 Å². The van der Waals surface area contributed by atoms with E-state index in [4.69, 9.17) is 18.9 Å². The van der Waals surface area contributed by atoms with Crippen molar-refractivity contribution in [3.05, 3.63) is 89.0 Å². The van der Waals surface area contributed by atoms with Gasteiger partial charge in [-0.2, -0.15) is 0 Å². The van der Waals surface area contributed by atoms with E-state index in [1.54, 1.807) is 24.3 Å². The van der Waals surface area contributed by atoms with Crippen molar-refractivity contribution in [3.63, 3.8) is 0 Å². The fourth-order valence-corrected chi connectivity index (χ4v) is 5.18. The van der Waals surface area contributed by atoms with Gasteiger partial charge < -0.3 is 29.0 Å². The summed E-state index contributed by atoms with van der Waals surface area (Å²) in [4.78, 5) is 28.6. The summed E-state index contributed by atoms with van der Waals surface area (Å²) in [6.45, 7) is 8.21. The van der Waals surface area contributed by atoms with Crippen LogP contribution < -0.4 is 18.9 Å². The molecule has 1 fully saturated rings. The Labute approximate surface area is 246 Å². The van der Waals surface area contributed by atoms with E-state index < -0.39 is 17.7 Å². The molecule has 3 aromatic carbocycles. The second-order valence-electron chi connectivity index (χ2n) is 10.8. The van der Waals surface area contributed by atoms with Gasteiger partial charge in [0, 0.05) is 12.1 Å². The molecule has 0 aliphatic carbocycles. The second kappa shape index (κ2) is 13.0. The number of carbonyl (C=O) groups excluding carboxylic acids is 2. The summed E-state index contributed by atoms with van der Waals surface area (Å²) in [6, 6.07) is 19.4. The highest BCUT2D eigenvalue weighted by molar-refractivity contribution is 6.46. The Morgan fingerprint density at radius 1 is 0.952 bits per heavy atom. The van der Waals surface area contributed by atoms with Crippen LogP contribution in [0.2, 0.25) is 0 Å². The molecule has 220 valence electrons. The summed E-state index contributed by atoms with van der Waals surface area (Å²) in [5, 5.41) is 11.6. The Balaban J connectivity index is 1.57. The van der Waals surface area contributed by atoms with E-state index in [2.05, 4.69) is 13.8 Å². The van der Waals surface area contributed by atoms with Crippen molar-refractivity contribution in [1.29, 1.82) is 0 Å². The molecule has 1 N–H and O–H groups in total. The summed E-state index contributed by atoms with van der Waals surface area (Å²) in [7, 11) is 0. The van der Waals surface area contributed by atoms with Crippen LogP contribution in [0.5, 0.6) is 23.0 Å². The number of ether oxygens (including phenoxy) is 4. The Bertz CT molecular complexity index is 1460. The average Bonchev–Trinajstić information content (AvgIpc) is 3.25. The zero-order valence-corrected chi connectivity index (χ0v) is 24.3. The number of nitrogens with zero attached hydrogens (tertiary/aromatic N) is 1. The number of carbonyl (C=O) groups is 2. The Kier molecular flexibility index (Phi) is 9.00. The molecule has 8 nitrogen and oxygen atoms in total. The average molecular weight is 572 g/mol. The minimum atomic E-state index is -0.828. The summed E-state index contributed by atoms with van der Waals surface area (Å²) in [5.74, 6) is 0.966. The quantitative estimate of drug-likeness (QED) is 0.173. The number of fused-ring (bicyclic) bond motifs is 1. The largest absolute Gasteiger partial charge is 0.507 e. The molecule has 1 atom stereocenters. The third kappa shape index (κ3) is 6.22. The van der Waals surface area contributed by atoms with Gasteiger partial charge >= 0.3 is 0 Å². The fourth-order valence-electron chi connectivity index (χ4n) is 5.18. The molecule has 1 unspecified atom stereocenters. The van der Waals surface area contributed by atoms with Gasteiger partial charge in [0.25, 0.3) is 11.7 Å². The molecule has 42 heavy (non-hydrogen) atoms. The molecule has 2 heterocycles. The maximum Gasteiger partial charge on any atom is 0.295 e. The zero-order chi connectivity index (χ0) is 29.6. The van der Waals surface area contributed by atoms with E-state index in [0.717, 1.165) is 12.0 Å². The van der Waals surface area contributed by atoms with E-state index >= 15 is 0 Å². The smallest absolute Gasteiger partial charge is 0.295 e. The van der Waals surface area contributed by atoms with Gasteiger partial charge in [-0.25, -0.2) is 0 Å². The summed E-state index contributed by atoms with van der Waals surface area (Å²) < 4.78 is 23.3. The topological polar surface area (TPSA) is 94.5 Å². The van der Waals surface area contributed by atoms with Crippen LogP contribution in [0.25, 0.3) is 5.76 Å². The molecule has 2 aliphatic heterocycles. The van der Waals surface area contributed by atoms with Crippen molar-refractivity contribution in [1.82, 2.24) is 4.90 Å². The van der Waals surface area contributed by atoms with Crippen molar-refractivity contribution in [2.24, 2.45) is 5.92 Å². The molecule has 0 bridgehead atoms. The number of aliphatic hydroxyl groups is 1. The number of amides is 1. The van der Waals surface area contributed by atoms with Gasteiger partial charge in [0.05, 0.1) is 24.8 Å². The van der Waals surface area contributed by atoms with Crippen molar-refractivity contribution in [2.75, 3.05) is 33.0 Å². The molecule has 1 amide bonds. The van der Waals surface area contributed by atoms with Gasteiger partial charge in [-0.05, 0) is 67.1 Å². The number of ketones is 1. The molecule has 5 rings (SSSR count). The van der Waals surface area contributed by atoms with Gasteiger partial charge in [-0.3, -0.25) is 9.59 Å². The van der Waals surface area contributed by atoms with E-state index in [9.17, 15) is 14.7 Å². The van der Waals surface area contributed by atoms with Gasteiger partial charge in [0.1, 0.15) is 19.0 Å². The first-order chi connectivity index (χ1) is 20.4. The second-order valence-corrected chi connectivity index (χ2v) is 10.8. The Hall–Kier alpha value is -4.46. The molecular weight excluding hydrogens is 534 g/mol. The monoisotopic (exact) mass is 571 g/mol. The van der Waals surface area contributed by atoms with E-state index in [1.165, 1.54) is 4.90 Å². The zero-order valence-electron chi connectivity index (χ0n) is 24.3. The van der Waals surface area contributed by atoms with Crippen LogP contribution in [-0.2, 0) is 16.0 Å². The number of Topliss-reactive ketones (excluding diaryl/α,β-unsaturated/α-hetero) is 1. The maximum absolute atomic E-state index is 13.6. The fraction of sp³-hybridized carbons (Fsp3) is 0.353. The number of likely N-dealkylation sites (tertiary alicyclic amines) is 1. The molecule has 2 aliphatic rings. The summed E-state index contributed by atoms with van der Waals surface area (Å²) >= 11 is 0. The van der Waals surface area contributed by atoms with E-state index in [-0.39, 0.29) is 17.9 Å². The van der Waals surface area contributed by atoms with Crippen LogP contribution in [0.15, 0.2) is 72.3 Å². The SMILES string of the molecule is CCOc1cc(C2C(=C(O)c3ccc4c(c3)OCCO4)C(=O)C(=O)N2CCc2ccccc2)ccc1OCCC(C)C. The Morgan fingerprint density at radius 2 is 1.71 bits per heavy atom. The van der Waals surface area contributed by atoms with Crippen LogP contribution in [0.3, 0.4) is 0 Å². The lowest BCUT2D eigenvalue weighted by Crippen LogP contribution is -2.31. The Morgan fingerprint density at radius 3 is 2.45 bits per heavy atom. The number of benzene rings is 3. The molecule has 0 spiro atoms. The van der Waals surface area contributed by atoms with Crippen molar-refractivity contribution >= 4 is 17.4 Å². The first-order valence-electron chi connectivity index (χ1n) is 14.5. The van der Waals surface area contributed by atoms with Crippen molar-refractivity contribution < 1.29 is 33.6 Å². The molecular formula is C34H37NO7. The van der Waals surface area contributed by atoms with Crippen molar-refractivity contribution in [2.45, 2.75) is 39.7 Å². The normalized spacial score (nSPS) is 17.5. The first-order valence-corrected chi connectivity index (χ1v) is 14.5. The third-order valence-electron chi connectivity index (χ3n) is 7.38. The van der Waals surface area contributed by atoms with E-state index in [0.29, 0.717) is 72.9 Å². The van der Waals surface area contributed by atoms with Gasteiger partial charge in [0.15, 0.2) is 23.0 Å². The number of hydrogen-bond donors (Lipinski definition) is 1. The molecule has 8 heteroatoms. The van der Waals surface area contributed by atoms with Gasteiger partial charge in [0.2, 0.25) is 0 Å². The predicted molar refractivity (Wildman–Crippen MR) is 159 cm³/mol. The first kappa shape index (κ1) is 29.0. The van der Waals surface area contributed by atoms with Gasteiger partial charge in [-0.15, -0.1) is 0 Å². The minimum Gasteiger partial charge on any atom is -0.507 e. The minimum absolute atomic E-state index is 0.0145. The number of aliphatic hydroxyl groups excluding tert-OH is 1. The lowest BCUT2D eigenvalue weighted by Gasteiger charge is -2.26. The summed E-state index contributed by atoms with van der Waals surface area (Å²) in [5.41, 5.74) is 2.06. The lowest BCUT2D eigenvalue weighted by molar-refractivity contribution is -0.139. The highest BCUT2D eigenvalue weighted by Gasteiger charge is 2.46. The number of hydrogen-bond acceptors (Lipinski definition) is 7. The van der Waals surface area contributed by atoms with Crippen LogP contribution in [0, 0.1) is 5.92 Å².